The zero-order chi connectivity index (χ0) is 15.1. The van der Waals surface area contributed by atoms with Gasteiger partial charge in [-0.15, -0.1) is 0 Å². The van der Waals surface area contributed by atoms with Gasteiger partial charge in [-0.25, -0.2) is 0 Å². The molecule has 2 heteroatoms. The predicted octanol–water partition coefficient (Wildman–Crippen LogP) is 6.09. The number of aliphatic hydroxyl groups is 1. The molecule has 120 valence electrons. The Labute approximate surface area is 132 Å². The van der Waals surface area contributed by atoms with Crippen molar-refractivity contribution in [2.75, 3.05) is 6.61 Å². The van der Waals surface area contributed by atoms with E-state index in [2.05, 4.69) is 30.9 Å². The van der Waals surface area contributed by atoms with Crippen molar-refractivity contribution in [2.45, 2.75) is 91.9 Å². The molecule has 0 unspecified atom stereocenters. The van der Waals surface area contributed by atoms with Gasteiger partial charge in [0.25, 0.3) is 0 Å². The zero-order valence-electron chi connectivity index (χ0n) is 14.3. The van der Waals surface area contributed by atoms with Crippen molar-refractivity contribution in [3.8, 4) is 0 Å². The van der Waals surface area contributed by atoms with Crippen LogP contribution in [0.1, 0.15) is 78.6 Å². The molecular weight excluding hydrogens is 351 g/mol. The van der Waals surface area contributed by atoms with Crippen molar-refractivity contribution < 1.29 is 5.11 Å². The van der Waals surface area contributed by atoms with E-state index in [0.29, 0.717) is 6.61 Å². The van der Waals surface area contributed by atoms with Crippen LogP contribution in [0.15, 0.2) is 10.2 Å². The summed E-state index contributed by atoms with van der Waals surface area (Å²) in [5.41, 5.74) is 0. The first kappa shape index (κ1) is 20.5. The Kier molecular flexibility index (Phi) is 14.8. The number of hydrogen-bond acceptors (Lipinski definition) is 1. The summed E-state index contributed by atoms with van der Waals surface area (Å²) in [6.07, 6.45) is 14.2. The molecule has 0 aliphatic carbocycles. The average molecular weight is 389 g/mol. The molecule has 0 saturated carbocycles. The van der Waals surface area contributed by atoms with E-state index in [-0.39, 0.29) is 0 Å². The van der Waals surface area contributed by atoms with Gasteiger partial charge in [-0.2, -0.15) is 0 Å². The molecule has 0 aliphatic rings. The third kappa shape index (κ3) is 10.3. The fourth-order valence-electron chi connectivity index (χ4n) is 2.92. The van der Waals surface area contributed by atoms with Crippen molar-refractivity contribution in [1.82, 2.24) is 0 Å². The summed E-state index contributed by atoms with van der Waals surface area (Å²) in [7, 11) is 0. The first-order chi connectivity index (χ1) is 9.74. The Morgan fingerprint density at radius 3 is 1.65 bits per heavy atom. The molecule has 0 aromatic carbocycles. The first-order valence-electron chi connectivity index (χ1n) is 9.03. The quantitative estimate of drug-likeness (QED) is 0.281. The average Bonchev–Trinajstić information content (AvgIpc) is 2.48. The van der Waals surface area contributed by atoms with Gasteiger partial charge in [-0.1, -0.05) is 0 Å². The monoisotopic (exact) mass is 390 g/mol. The van der Waals surface area contributed by atoms with Crippen LogP contribution in [-0.4, -0.2) is 30.1 Å². The molecule has 0 radical (unpaired) electrons. The minimum absolute atomic E-state index is 0.351. The van der Waals surface area contributed by atoms with E-state index >= 15 is 0 Å². The fourth-order valence-corrected chi connectivity index (χ4v) is 17.4. The first-order valence-corrected chi connectivity index (χ1v) is 16.7. The summed E-state index contributed by atoms with van der Waals surface area (Å²) in [4.78, 5) is 0. The van der Waals surface area contributed by atoms with Crippen LogP contribution < -0.4 is 0 Å². The number of rotatable bonds is 14. The summed E-state index contributed by atoms with van der Waals surface area (Å²) in [6.45, 7) is 7.35. The second-order valence-electron chi connectivity index (χ2n) is 6.29. The Balaban J connectivity index is 4.56. The van der Waals surface area contributed by atoms with Crippen LogP contribution >= 0.6 is 0 Å². The molecule has 1 N–H and O–H groups in total. The minimum atomic E-state index is -1.99. The van der Waals surface area contributed by atoms with Crippen LogP contribution in [0, 0.1) is 0 Å². The van der Waals surface area contributed by atoms with E-state index in [1.165, 1.54) is 44.9 Å². The second-order valence-corrected chi connectivity index (χ2v) is 19.3. The summed E-state index contributed by atoms with van der Waals surface area (Å²) < 4.78 is 7.47. The third-order valence-electron chi connectivity index (χ3n) is 4.33. The molecule has 0 aromatic heterocycles. The molecule has 0 aliphatic heterocycles. The molecule has 0 aromatic rings. The van der Waals surface area contributed by atoms with Crippen molar-refractivity contribution in [1.29, 1.82) is 0 Å². The van der Waals surface area contributed by atoms with E-state index < -0.39 is 18.4 Å². The molecule has 1 nitrogen and oxygen atoms in total. The van der Waals surface area contributed by atoms with Gasteiger partial charge in [-0.05, 0) is 0 Å². The molecule has 0 amide bonds. The van der Waals surface area contributed by atoms with E-state index in [1.807, 2.05) is 0 Å². The van der Waals surface area contributed by atoms with Crippen LogP contribution in [-0.2, 0) is 0 Å². The summed E-state index contributed by atoms with van der Waals surface area (Å²) in [5, 5.41) is 8.86. The molecule has 0 bridgehead atoms. The van der Waals surface area contributed by atoms with Gasteiger partial charge in [0.15, 0.2) is 0 Å². The molecule has 0 spiro atoms. The molecule has 0 fully saturated rings. The standard InChI is InChI=1S/C6H11O.3C4H9.Sn/c1-2-3-4-5-6-7;3*1-3-4-2;/h1-2,7H,3-6H2;3*1,3-4H2,2H3;. The van der Waals surface area contributed by atoms with E-state index in [4.69, 9.17) is 5.11 Å². The van der Waals surface area contributed by atoms with Crippen molar-refractivity contribution in [2.24, 2.45) is 0 Å². The maximum absolute atomic E-state index is 8.86. The Hall–Kier alpha value is 0.499. The number of aliphatic hydroxyl groups excluding tert-OH is 1. The van der Waals surface area contributed by atoms with Crippen LogP contribution in [0.4, 0.5) is 0 Å². The van der Waals surface area contributed by atoms with E-state index in [0.717, 1.165) is 12.8 Å². The zero-order valence-corrected chi connectivity index (χ0v) is 17.1. The van der Waals surface area contributed by atoms with E-state index in [1.54, 1.807) is 13.3 Å². The Bertz CT molecular complexity index is 204. The maximum atomic E-state index is 8.86. The van der Waals surface area contributed by atoms with Crippen LogP contribution in [0.3, 0.4) is 0 Å². The van der Waals surface area contributed by atoms with Gasteiger partial charge in [0.1, 0.15) is 0 Å². The number of allylic oxidation sites excluding steroid dienone is 1. The summed E-state index contributed by atoms with van der Waals surface area (Å²) in [5.74, 6) is 0. The van der Waals surface area contributed by atoms with E-state index in [9.17, 15) is 0 Å². The normalized spacial score (nSPS) is 12.4. The van der Waals surface area contributed by atoms with Gasteiger partial charge in [-0.3, -0.25) is 0 Å². The molecule has 0 saturated heterocycles. The molecule has 0 heterocycles. The SMILES string of the molecule is CCC[CH2][Sn](/[CH]=C\CCCCO)([CH2]CCC)[CH2]CCC. The molecular formula is C18H38OSn. The van der Waals surface area contributed by atoms with Crippen molar-refractivity contribution >= 4 is 18.4 Å². The second kappa shape index (κ2) is 14.4. The predicted molar refractivity (Wildman–Crippen MR) is 95.0 cm³/mol. The summed E-state index contributed by atoms with van der Waals surface area (Å²) in [6, 6.07) is 0. The van der Waals surface area contributed by atoms with Crippen LogP contribution in [0.25, 0.3) is 0 Å². The van der Waals surface area contributed by atoms with Gasteiger partial charge in [0, 0.05) is 0 Å². The molecule has 0 atom stereocenters. The van der Waals surface area contributed by atoms with Gasteiger partial charge in [0.2, 0.25) is 0 Å². The number of hydrogen-bond donors (Lipinski definition) is 1. The fraction of sp³-hybridized carbons (Fsp3) is 0.889. The van der Waals surface area contributed by atoms with Crippen molar-refractivity contribution in [3.05, 3.63) is 10.2 Å². The topological polar surface area (TPSA) is 20.2 Å². The summed E-state index contributed by atoms with van der Waals surface area (Å²) >= 11 is -1.99. The Morgan fingerprint density at radius 1 is 0.750 bits per heavy atom. The van der Waals surface area contributed by atoms with Crippen LogP contribution in [0.5, 0.6) is 0 Å². The number of unbranched alkanes of at least 4 members (excludes halogenated alkanes) is 5. The van der Waals surface area contributed by atoms with Gasteiger partial charge < -0.3 is 0 Å². The van der Waals surface area contributed by atoms with Gasteiger partial charge >= 0.3 is 132 Å². The molecule has 20 heavy (non-hydrogen) atoms. The van der Waals surface area contributed by atoms with Crippen LogP contribution in [0.2, 0.25) is 13.3 Å². The van der Waals surface area contributed by atoms with Crippen molar-refractivity contribution in [3.63, 3.8) is 0 Å². The van der Waals surface area contributed by atoms with Gasteiger partial charge in [0.05, 0.1) is 0 Å². The Morgan fingerprint density at radius 2 is 1.25 bits per heavy atom. The molecule has 0 rings (SSSR count). The third-order valence-corrected chi connectivity index (χ3v) is 18.6.